The van der Waals surface area contributed by atoms with Crippen LogP contribution in [-0.2, 0) is 137 Å². The average molecular weight is 1580 g/mol. The lowest BCUT2D eigenvalue weighted by Gasteiger charge is -2.33. The van der Waals surface area contributed by atoms with Crippen molar-refractivity contribution < 1.29 is 146 Å². The summed E-state index contributed by atoms with van der Waals surface area (Å²) in [5, 5.41) is 0. The second-order valence-electron chi connectivity index (χ2n) is 28.1. The number of anilines is 1. The Hall–Kier alpha value is 0.890. The molecule has 0 fully saturated rings. The van der Waals surface area contributed by atoms with Gasteiger partial charge in [-0.15, -0.1) is 4.39 Å². The van der Waals surface area contributed by atoms with E-state index in [1.54, 1.807) is 227 Å². The van der Waals surface area contributed by atoms with E-state index in [1.165, 1.54) is 0 Å². The molecule has 0 aliphatic carbocycles. The van der Waals surface area contributed by atoms with E-state index in [4.69, 9.17) is 137 Å². The Morgan fingerprint density at radius 3 is 0.544 bits per heavy atom. The van der Waals surface area contributed by atoms with E-state index >= 15 is 0 Å². The van der Waals surface area contributed by atoms with Gasteiger partial charge in [0.05, 0.1) is 6.17 Å². The van der Waals surface area contributed by atoms with Crippen LogP contribution >= 0.6 is 0 Å². The number of para-hydroxylation sites is 1. The number of rotatable bonds is 48. The highest BCUT2D eigenvalue weighted by molar-refractivity contribution is 6.75. The summed E-state index contributed by atoms with van der Waals surface area (Å²) in [5.41, 5.74) is 0.395. The van der Waals surface area contributed by atoms with Crippen molar-refractivity contribution in [3.05, 3.63) is 30.3 Å². The molecule has 0 spiro atoms. The molecule has 1 rings (SSSR count). The van der Waals surface area contributed by atoms with Gasteiger partial charge in [0.25, 0.3) is 8.32 Å². The number of benzene rings is 1. The number of hydrogen-bond donors (Lipinski definition) is 0. The fourth-order valence-electron chi connectivity index (χ4n) is 4.51. The van der Waals surface area contributed by atoms with Crippen molar-refractivity contribution >= 4 is 148 Å². The molecule has 0 aliphatic heterocycles. The van der Waals surface area contributed by atoms with Gasteiger partial charge in [0.1, 0.15) is 0 Å². The summed E-state index contributed by atoms with van der Waals surface area (Å²) in [6, 6.07) is 8.43. The first-order valence-electron chi connectivity index (χ1n) is 28.5. The monoisotopic (exact) mass is 1580 g/mol. The minimum atomic E-state index is -3.18. The zero-order valence-corrected chi connectivity index (χ0v) is 75.1. The summed E-state index contributed by atoms with van der Waals surface area (Å²) in [6.45, 7) is 57.1. The molecule has 49 heteroatoms. The topological polar surface area (TPSA) is 297 Å². The van der Waals surface area contributed by atoms with E-state index in [0.717, 1.165) is 4.90 Å². The van der Waals surface area contributed by atoms with Crippen molar-refractivity contribution in [3.63, 3.8) is 0 Å². The summed E-state index contributed by atoms with van der Waals surface area (Å²) < 4.78 is 185. The molecule has 1 amide bonds. The molecule has 1 aromatic rings. The minimum absolute atomic E-state index is 0.0166. The van der Waals surface area contributed by atoms with Crippen LogP contribution in [0.5, 0.6) is 0 Å². The van der Waals surface area contributed by atoms with Gasteiger partial charge in [-0.2, -0.15) is 0 Å². The fraction of sp³-hybridized carbons (Fsp3) is 0.829. The fourth-order valence-corrected chi connectivity index (χ4v) is 30.4. The van der Waals surface area contributed by atoms with Gasteiger partial charge in [-0.05, 0) is 228 Å². The van der Waals surface area contributed by atoms with Gasteiger partial charge in [0.15, 0.2) is 0 Å². The Bertz CT molecular complexity index is 2300. The van der Waals surface area contributed by atoms with Crippen LogP contribution < -0.4 is 4.90 Å². The third-order valence-electron chi connectivity index (χ3n) is 8.54. The molecule has 0 radical (unpaired) electrons. The van der Waals surface area contributed by atoms with Crippen molar-refractivity contribution in [1.29, 1.82) is 0 Å². The maximum absolute atomic E-state index is 14.0. The van der Waals surface area contributed by atoms with Crippen molar-refractivity contribution in [3.8, 4) is 0 Å². The van der Waals surface area contributed by atoms with E-state index in [1.807, 2.05) is 19.6 Å². The summed E-state index contributed by atoms with van der Waals surface area (Å²) in [7, 11) is -48.3. The van der Waals surface area contributed by atoms with Crippen LogP contribution in [0.4, 0.5) is 14.9 Å². The van der Waals surface area contributed by atoms with Crippen LogP contribution in [-0.4, -0.2) is 149 Å². The number of halogens is 1. The Balaban J connectivity index is 2.56. The van der Waals surface area contributed by atoms with Crippen LogP contribution in [0.2, 0.25) is 216 Å². The molecule has 0 heterocycles. The maximum atomic E-state index is 14.0. The number of carbonyl (C=O) groups excluding carboxylic acids is 1. The second-order valence-corrected chi connectivity index (χ2v) is 80.4. The first-order valence-corrected chi connectivity index (χ1v) is 74.5. The Morgan fingerprint density at radius 2 is 0.400 bits per heavy atom. The van der Waals surface area contributed by atoms with Gasteiger partial charge in [-0.3, -0.25) is 142 Å². The van der Waals surface area contributed by atoms with Gasteiger partial charge in [0, 0.05) is 5.69 Å². The molecule has 0 aromatic heterocycles. The predicted molar refractivity (Wildman–Crippen MR) is 358 cm³/mol. The van der Waals surface area contributed by atoms with Crippen LogP contribution in [0.3, 0.4) is 0 Å². The summed E-state index contributed by atoms with van der Waals surface area (Å²) in [5.74, 6) is 0. The number of amides is 1. The van der Waals surface area contributed by atoms with Gasteiger partial charge in [-0.25, -0.2) is 4.79 Å². The number of carbonyl (C=O) groups is 1. The lowest BCUT2D eigenvalue weighted by molar-refractivity contribution is -0.284. The Kier molecular flexibility index (Phi) is 34.8. The third kappa shape index (κ3) is 42.6. The smallest absolute Gasteiger partial charge is 0.295 e. The molecular weight excluding hydrogens is 1470 g/mol. The average Bonchev–Trinajstić information content (AvgIpc) is 1.58. The summed E-state index contributed by atoms with van der Waals surface area (Å²) in [6.07, 6.45) is -1.63. The van der Waals surface area contributed by atoms with Crippen molar-refractivity contribution in [1.82, 2.24) is 0 Å². The highest BCUT2D eigenvalue weighted by Crippen LogP contribution is 2.28. The summed E-state index contributed by atoms with van der Waals surface area (Å²) in [4.78, 5) is 12.8. The molecule has 0 unspecified atom stereocenters. The lowest BCUT2D eigenvalue weighted by atomic mass is 10.3. The molecule has 0 saturated carbocycles. The maximum Gasteiger partial charge on any atom is 0.404 e. The molecule has 0 bridgehead atoms. The van der Waals surface area contributed by atoms with Crippen molar-refractivity contribution in [2.45, 2.75) is 216 Å². The number of hydrogen-bond acceptors (Lipinski definition) is 31. The van der Waals surface area contributed by atoms with Crippen molar-refractivity contribution in [2.24, 2.45) is 0 Å². The van der Waals surface area contributed by atoms with Gasteiger partial charge < -0.3 is 0 Å². The molecule has 90 heavy (non-hydrogen) atoms. The molecule has 0 N–H and O–H groups in total. The van der Waals surface area contributed by atoms with Crippen molar-refractivity contribution in [2.75, 3.05) is 11.1 Å². The Morgan fingerprint density at radius 1 is 0.256 bits per heavy atom. The molecule has 0 aliphatic rings. The molecule has 532 valence electrons. The molecule has 1 aromatic carbocycles. The summed E-state index contributed by atoms with van der Waals surface area (Å²) >= 11 is 0. The van der Waals surface area contributed by atoms with Gasteiger partial charge >= 0.3 is 126 Å². The predicted octanol–water partition coefficient (Wildman–Crippen LogP) is 13.2. The highest BCUT2D eigenvalue weighted by Gasteiger charge is 2.48. The zero-order valence-electron chi connectivity index (χ0n) is 59.1. The number of nitrogens with zero attached hydrogens (tertiary/aromatic N) is 1. The Labute approximate surface area is 548 Å². The molecule has 32 nitrogen and oxygen atoms in total. The minimum Gasteiger partial charge on any atom is -0.295 e. The normalized spacial score (nSPS) is 14.9. The van der Waals surface area contributed by atoms with E-state index < -0.39 is 143 Å². The van der Waals surface area contributed by atoms with Crippen LogP contribution in [0.15, 0.2) is 30.3 Å². The molecular formula is C41H106FNO31Si16. The largest absolute Gasteiger partial charge is 0.404 e. The lowest BCUT2D eigenvalue weighted by Crippen LogP contribution is -2.51. The van der Waals surface area contributed by atoms with E-state index in [-0.39, 0.29) is 6.17 Å². The second kappa shape index (κ2) is 35.3. The zero-order chi connectivity index (χ0) is 70.2. The van der Waals surface area contributed by atoms with Crippen LogP contribution in [0.1, 0.15) is 0 Å². The van der Waals surface area contributed by atoms with Crippen LogP contribution in [0.25, 0.3) is 0 Å². The SMILES string of the molecule is C[Si](C)(C)OO[Si](C)(C)OO[Si](C)(C)OO[Si](C)(C)OO[Si](C)(C)OO[Si](C)(C)OO[Si](C)(C)OO[Si](C)(C)OO[Si](C)(C)OO[Si](C)(C)OO[Si](C)(C)OO[Si](C)(C)OO[Si](C)(C)OO[Si](C)(C)OO[Si](C)(C)OO[Si](C)(C)CN(C(=O)F)c1ccccc1. The molecule has 0 saturated heterocycles. The van der Waals surface area contributed by atoms with Gasteiger partial charge in [-0.1, -0.05) is 18.2 Å². The first kappa shape index (κ1) is 88.9. The molecule has 0 atom stereocenters. The van der Waals surface area contributed by atoms with Crippen LogP contribution in [0, 0.1) is 0 Å². The third-order valence-corrected chi connectivity index (χ3v) is 26.8. The highest BCUT2D eigenvalue weighted by atomic mass is 28.4. The van der Waals surface area contributed by atoms with E-state index in [9.17, 15) is 9.18 Å². The van der Waals surface area contributed by atoms with E-state index in [2.05, 4.69) is 0 Å². The van der Waals surface area contributed by atoms with E-state index in [0.29, 0.717) is 5.69 Å². The standard InChI is InChI=1S/C41H106FNO31Si16/c1-75(2,3)45-47-77(6,7)49-51-79(10,11)53-55-81(14,15)57-59-83(18,19)61-63-85(22,23)65-67-87(26,27)69-71-89(30,31)73-74-90(32,33)72-70-88(28,29)68-66-86(24,25)64-62-84(20,21)60-58-82(16,17)56-54-80(12,13)52-50-78(8,9)48-46-76(4,5)39-43(41(42)44)40-37-35-34-36-38-40/h34-38H,39H2,1-33H3. The van der Waals surface area contributed by atoms with Gasteiger partial charge in [0.2, 0.25) is 8.32 Å². The quantitative estimate of drug-likeness (QED) is 0.0192. The first-order chi connectivity index (χ1) is 40.0.